The summed E-state index contributed by atoms with van der Waals surface area (Å²) in [4.78, 5) is 2.19. The van der Waals surface area contributed by atoms with Crippen molar-refractivity contribution in [2.24, 2.45) is 5.92 Å². The number of hydrogen-bond donors (Lipinski definition) is 0. The third-order valence-electron chi connectivity index (χ3n) is 3.86. The van der Waals surface area contributed by atoms with Crippen LogP contribution in [0.4, 0.5) is 5.82 Å². The van der Waals surface area contributed by atoms with Crippen LogP contribution in [0.15, 0.2) is 18.2 Å². The number of hydrogen-bond acceptors (Lipinski definition) is 5. The average molecular weight is 282 g/mol. The molecule has 3 heterocycles. The van der Waals surface area contributed by atoms with Gasteiger partial charge in [-0.3, -0.25) is 0 Å². The molecule has 2 aromatic heterocycles. The molecule has 2 aromatic rings. The lowest BCUT2D eigenvalue weighted by Gasteiger charge is -2.29. The van der Waals surface area contributed by atoms with Crippen LogP contribution < -0.4 is 4.90 Å². The summed E-state index contributed by atoms with van der Waals surface area (Å²) >= 11 is 0. The maximum absolute atomic E-state index is 8.93. The summed E-state index contributed by atoms with van der Waals surface area (Å²) in [6, 6.07) is 8.28. The van der Waals surface area contributed by atoms with Crippen molar-refractivity contribution in [1.82, 2.24) is 20.0 Å². The Morgan fingerprint density at radius 1 is 1.14 bits per heavy atom. The summed E-state index contributed by atoms with van der Waals surface area (Å²) in [7, 11) is 0. The molecule has 6 heteroatoms. The van der Waals surface area contributed by atoms with E-state index in [1.165, 1.54) is 0 Å². The zero-order valence-corrected chi connectivity index (χ0v) is 12.3. The first-order valence-electron chi connectivity index (χ1n) is 7.19. The number of nitrogens with zero attached hydrogens (tertiary/aromatic N) is 6. The van der Waals surface area contributed by atoms with Crippen molar-refractivity contribution in [2.75, 3.05) is 18.0 Å². The Morgan fingerprint density at radius 2 is 1.81 bits per heavy atom. The molecule has 0 atom stereocenters. The molecule has 0 spiro atoms. The molecule has 0 amide bonds. The van der Waals surface area contributed by atoms with E-state index in [9.17, 15) is 0 Å². The molecule has 0 saturated carbocycles. The van der Waals surface area contributed by atoms with Gasteiger partial charge in [0.2, 0.25) is 0 Å². The van der Waals surface area contributed by atoms with Crippen molar-refractivity contribution >= 4 is 5.82 Å². The van der Waals surface area contributed by atoms with Crippen LogP contribution in [0.2, 0.25) is 0 Å². The highest BCUT2D eigenvalue weighted by Gasteiger charge is 2.20. The van der Waals surface area contributed by atoms with Gasteiger partial charge >= 0.3 is 0 Å². The first kappa shape index (κ1) is 13.6. The lowest BCUT2D eigenvalue weighted by Crippen LogP contribution is -2.34. The van der Waals surface area contributed by atoms with E-state index >= 15 is 0 Å². The van der Waals surface area contributed by atoms with Crippen LogP contribution >= 0.6 is 0 Å². The Kier molecular flexibility index (Phi) is 3.57. The van der Waals surface area contributed by atoms with Gasteiger partial charge in [-0.2, -0.15) is 10.4 Å². The Bertz CT molecular complexity index is 658. The topological polar surface area (TPSA) is 70.6 Å². The van der Waals surface area contributed by atoms with E-state index in [4.69, 9.17) is 5.26 Å². The Labute approximate surface area is 124 Å². The quantitative estimate of drug-likeness (QED) is 0.842. The summed E-state index contributed by atoms with van der Waals surface area (Å²) in [5.41, 5.74) is 2.02. The molecule has 3 rings (SSSR count). The summed E-state index contributed by atoms with van der Waals surface area (Å²) in [6.07, 6.45) is 1.80. The van der Waals surface area contributed by atoms with Crippen LogP contribution in [0.1, 0.15) is 24.2 Å². The van der Waals surface area contributed by atoms with Crippen LogP contribution in [0.5, 0.6) is 0 Å². The van der Waals surface area contributed by atoms with Gasteiger partial charge in [0.25, 0.3) is 0 Å². The SMILES string of the molecule is Cc1cc(C)n(-c2ccc(N3CCC(C#N)CC3)nn2)n1. The molecule has 0 aromatic carbocycles. The van der Waals surface area contributed by atoms with E-state index in [1.807, 2.05) is 32.0 Å². The molecule has 1 aliphatic heterocycles. The predicted molar refractivity (Wildman–Crippen MR) is 79.2 cm³/mol. The highest BCUT2D eigenvalue weighted by molar-refractivity contribution is 5.40. The number of piperidine rings is 1. The second kappa shape index (κ2) is 5.52. The Balaban J connectivity index is 1.76. The molecule has 0 aliphatic carbocycles. The molecule has 0 radical (unpaired) electrons. The largest absolute Gasteiger partial charge is 0.355 e. The lowest BCUT2D eigenvalue weighted by molar-refractivity contribution is 0.484. The lowest BCUT2D eigenvalue weighted by atomic mass is 9.99. The monoisotopic (exact) mass is 282 g/mol. The molecule has 6 nitrogen and oxygen atoms in total. The van der Waals surface area contributed by atoms with Crippen molar-refractivity contribution in [3.8, 4) is 11.9 Å². The molecule has 108 valence electrons. The van der Waals surface area contributed by atoms with E-state index < -0.39 is 0 Å². The standard InChI is InChI=1S/C15H18N6/c1-11-9-12(2)21(19-11)15-4-3-14(17-18-15)20-7-5-13(10-16)6-8-20/h3-4,9,13H,5-8H2,1-2H3. The van der Waals surface area contributed by atoms with Gasteiger partial charge in [-0.15, -0.1) is 10.2 Å². The molecule has 21 heavy (non-hydrogen) atoms. The van der Waals surface area contributed by atoms with Gasteiger partial charge in [0.05, 0.1) is 11.8 Å². The molecule has 0 bridgehead atoms. The van der Waals surface area contributed by atoms with Crippen LogP contribution in [0, 0.1) is 31.1 Å². The third-order valence-corrected chi connectivity index (χ3v) is 3.86. The normalized spacial score (nSPS) is 16.0. The van der Waals surface area contributed by atoms with Gasteiger partial charge in [-0.25, -0.2) is 4.68 Å². The second-order valence-corrected chi connectivity index (χ2v) is 5.48. The minimum Gasteiger partial charge on any atom is -0.355 e. The maximum Gasteiger partial charge on any atom is 0.176 e. The van der Waals surface area contributed by atoms with E-state index in [-0.39, 0.29) is 5.92 Å². The van der Waals surface area contributed by atoms with Crippen LogP contribution in [0.3, 0.4) is 0 Å². The molecular weight excluding hydrogens is 264 g/mol. The molecule has 1 aliphatic rings. The number of aryl methyl sites for hydroxylation is 2. The smallest absolute Gasteiger partial charge is 0.176 e. The molecule has 0 unspecified atom stereocenters. The Hall–Kier alpha value is -2.42. The molecule has 0 N–H and O–H groups in total. The van der Waals surface area contributed by atoms with Crippen LogP contribution in [-0.4, -0.2) is 33.1 Å². The summed E-state index contributed by atoms with van der Waals surface area (Å²) < 4.78 is 1.80. The van der Waals surface area contributed by atoms with E-state index in [1.54, 1.807) is 4.68 Å². The maximum atomic E-state index is 8.93. The van der Waals surface area contributed by atoms with Gasteiger partial charge in [0.1, 0.15) is 0 Å². The first-order chi connectivity index (χ1) is 10.2. The van der Waals surface area contributed by atoms with Gasteiger partial charge in [0.15, 0.2) is 11.6 Å². The summed E-state index contributed by atoms with van der Waals surface area (Å²) in [5, 5.41) is 21.9. The number of nitriles is 1. The first-order valence-corrected chi connectivity index (χ1v) is 7.19. The van der Waals surface area contributed by atoms with Crippen molar-refractivity contribution in [1.29, 1.82) is 5.26 Å². The molecule has 1 saturated heterocycles. The van der Waals surface area contributed by atoms with Crippen molar-refractivity contribution in [3.05, 3.63) is 29.6 Å². The van der Waals surface area contributed by atoms with Gasteiger partial charge in [-0.1, -0.05) is 0 Å². The zero-order valence-electron chi connectivity index (χ0n) is 12.3. The average Bonchev–Trinajstić information content (AvgIpc) is 2.86. The van der Waals surface area contributed by atoms with E-state index in [2.05, 4.69) is 26.3 Å². The summed E-state index contributed by atoms with van der Waals surface area (Å²) in [6.45, 7) is 5.70. The molecular formula is C15H18N6. The molecule has 1 fully saturated rings. The van der Waals surface area contributed by atoms with Crippen molar-refractivity contribution < 1.29 is 0 Å². The number of aromatic nitrogens is 4. The van der Waals surface area contributed by atoms with Crippen molar-refractivity contribution in [3.63, 3.8) is 0 Å². The van der Waals surface area contributed by atoms with E-state index in [0.29, 0.717) is 0 Å². The zero-order chi connectivity index (χ0) is 14.8. The predicted octanol–water partition coefficient (Wildman–Crippen LogP) is 2.02. The van der Waals surface area contributed by atoms with Gasteiger partial charge in [-0.05, 0) is 44.9 Å². The number of rotatable bonds is 2. The van der Waals surface area contributed by atoms with Gasteiger partial charge < -0.3 is 4.90 Å². The van der Waals surface area contributed by atoms with Crippen LogP contribution in [-0.2, 0) is 0 Å². The highest BCUT2D eigenvalue weighted by Crippen LogP contribution is 2.21. The van der Waals surface area contributed by atoms with Gasteiger partial charge in [0, 0.05) is 24.7 Å². The Morgan fingerprint density at radius 3 is 2.33 bits per heavy atom. The van der Waals surface area contributed by atoms with E-state index in [0.717, 1.165) is 49.0 Å². The fraction of sp³-hybridized carbons (Fsp3) is 0.467. The highest BCUT2D eigenvalue weighted by atomic mass is 15.4. The third kappa shape index (κ3) is 2.72. The summed E-state index contributed by atoms with van der Waals surface area (Å²) in [5.74, 6) is 1.79. The second-order valence-electron chi connectivity index (χ2n) is 5.48. The minimum atomic E-state index is 0.184. The fourth-order valence-corrected chi connectivity index (χ4v) is 2.70. The van der Waals surface area contributed by atoms with Crippen molar-refractivity contribution in [2.45, 2.75) is 26.7 Å². The minimum absolute atomic E-state index is 0.184. The fourth-order valence-electron chi connectivity index (χ4n) is 2.70. The number of anilines is 1. The van der Waals surface area contributed by atoms with Crippen LogP contribution in [0.25, 0.3) is 5.82 Å².